The van der Waals surface area contributed by atoms with Crippen molar-refractivity contribution >= 4 is 6.09 Å². The van der Waals surface area contributed by atoms with Crippen LogP contribution in [-0.4, -0.2) is 11.7 Å². The summed E-state index contributed by atoms with van der Waals surface area (Å²) in [4.78, 5) is 11.3. The van der Waals surface area contributed by atoms with Crippen molar-refractivity contribution in [2.24, 2.45) is 0 Å². The number of amides is 1. The van der Waals surface area contributed by atoms with E-state index in [2.05, 4.69) is 11.9 Å². The Morgan fingerprint density at radius 3 is 2.17 bits per heavy atom. The summed E-state index contributed by atoms with van der Waals surface area (Å²) in [5, 5.41) is 2.54. The highest BCUT2D eigenvalue weighted by atomic mass is 16.6. The highest BCUT2D eigenvalue weighted by Crippen LogP contribution is 2.07. The first kappa shape index (κ1) is 18.8. The Labute approximate surface area is 113 Å². The van der Waals surface area contributed by atoms with Gasteiger partial charge in [-0.2, -0.15) is 0 Å². The smallest absolute Gasteiger partial charge is 0.412 e. The van der Waals surface area contributed by atoms with E-state index in [0.717, 1.165) is 0 Å². The number of carbonyl (C=O) groups is 1. The molecule has 0 rings (SSSR count). The molecule has 0 aromatic heterocycles. The van der Waals surface area contributed by atoms with Crippen LogP contribution in [0.2, 0.25) is 0 Å². The fourth-order valence-corrected chi connectivity index (χ4v) is 0.833. The monoisotopic (exact) mass is 255 g/mol. The Hall–Kier alpha value is -1.51. The molecule has 106 valence electrons. The molecule has 0 spiro atoms. The van der Waals surface area contributed by atoms with Gasteiger partial charge in [0, 0.05) is 7.12 Å². The van der Waals surface area contributed by atoms with Gasteiger partial charge in [0.2, 0.25) is 0 Å². The summed E-state index contributed by atoms with van der Waals surface area (Å²) in [7, 11) is 0. The average molecular weight is 255 g/mol. The predicted molar refractivity (Wildman–Crippen MR) is 80.5 cm³/mol. The second-order valence-corrected chi connectivity index (χ2v) is 4.76. The van der Waals surface area contributed by atoms with Gasteiger partial charge in [0.15, 0.2) is 0 Å². The number of ether oxygens (including phenoxy) is 1. The largest absolute Gasteiger partial charge is 0.444 e. The normalized spacial score (nSPS) is 10.2. The second kappa shape index (κ2) is 9.51. The molecule has 0 aliphatic heterocycles. The van der Waals surface area contributed by atoms with Crippen molar-refractivity contribution in [3.8, 4) is 0 Å². The summed E-state index contributed by atoms with van der Waals surface area (Å²) in [6.45, 7) is 17.1. The van der Waals surface area contributed by atoms with Crippen molar-refractivity contribution in [2.75, 3.05) is 0 Å². The Morgan fingerprint density at radius 1 is 1.28 bits per heavy atom. The van der Waals surface area contributed by atoms with Crippen LogP contribution in [0.3, 0.4) is 0 Å². The van der Waals surface area contributed by atoms with Gasteiger partial charge in [-0.3, -0.25) is 5.32 Å². The van der Waals surface area contributed by atoms with Gasteiger partial charge >= 0.3 is 6.09 Å². The molecule has 0 heterocycles. The number of nitrogens with one attached hydrogen (secondary N) is 1. The van der Waals surface area contributed by atoms with Crippen LogP contribution in [0.4, 0.5) is 4.79 Å². The second-order valence-electron chi connectivity index (χ2n) is 4.76. The van der Waals surface area contributed by atoms with Crippen LogP contribution in [0, 0.1) is 0 Å². The molecule has 0 saturated heterocycles. The van der Waals surface area contributed by atoms with Gasteiger partial charge in [0.25, 0.3) is 0 Å². The van der Waals surface area contributed by atoms with Crippen molar-refractivity contribution in [2.45, 2.75) is 54.1 Å². The number of rotatable bonds is 3. The van der Waals surface area contributed by atoms with Gasteiger partial charge in [0.05, 0.1) is 0 Å². The molecule has 0 saturated carbocycles. The summed E-state index contributed by atoms with van der Waals surface area (Å²) >= 11 is 0. The van der Waals surface area contributed by atoms with Gasteiger partial charge in [-0.15, -0.1) is 0 Å². The maximum absolute atomic E-state index is 11.3. The third kappa shape index (κ3) is 14.5. The lowest BCUT2D eigenvalue weighted by Gasteiger charge is -2.19. The molecule has 3 nitrogen and oxygen atoms in total. The Morgan fingerprint density at radius 2 is 1.78 bits per heavy atom. The van der Waals surface area contributed by atoms with Crippen LogP contribution >= 0.6 is 0 Å². The number of carbonyl (C=O) groups excluding carboxylic acids is 1. The number of allylic oxidation sites excluding steroid dienone is 4. The van der Waals surface area contributed by atoms with Crippen LogP contribution in [0.1, 0.15) is 49.9 Å². The molecule has 0 aromatic rings. The molecular weight excluding hydrogens is 226 g/mol. The van der Waals surface area contributed by atoms with Gasteiger partial charge in [-0.05, 0) is 40.7 Å². The van der Waals surface area contributed by atoms with Crippen LogP contribution in [-0.2, 0) is 4.74 Å². The van der Waals surface area contributed by atoms with E-state index < -0.39 is 11.7 Å². The van der Waals surface area contributed by atoms with Gasteiger partial charge in [-0.1, -0.05) is 38.2 Å². The van der Waals surface area contributed by atoms with Crippen LogP contribution in [0.25, 0.3) is 0 Å². The Balaban J connectivity index is -0.000000809. The Bertz CT molecular complexity index is 322. The van der Waals surface area contributed by atoms with E-state index in [-0.39, 0.29) is 1.43 Å². The number of hydrogen-bond acceptors (Lipinski definition) is 2. The molecule has 18 heavy (non-hydrogen) atoms. The lowest BCUT2D eigenvalue weighted by Crippen LogP contribution is -2.31. The van der Waals surface area contributed by atoms with Crippen molar-refractivity contribution in [3.63, 3.8) is 0 Å². The molecule has 0 bridgehead atoms. The quantitative estimate of drug-likeness (QED) is 0.734. The average Bonchev–Trinajstić information content (AvgIpc) is 2.16. The third-order valence-corrected chi connectivity index (χ3v) is 1.39. The van der Waals surface area contributed by atoms with Crippen LogP contribution in [0.15, 0.2) is 36.1 Å². The molecular formula is C15H29NO2. The van der Waals surface area contributed by atoms with Gasteiger partial charge in [0.1, 0.15) is 5.60 Å². The minimum Gasteiger partial charge on any atom is -0.444 e. The van der Waals surface area contributed by atoms with Crippen LogP contribution in [0.5, 0.6) is 0 Å². The lowest BCUT2D eigenvalue weighted by atomic mass is 10.2. The molecule has 0 atom stereocenters. The summed E-state index contributed by atoms with van der Waals surface area (Å²) in [6.07, 6.45) is 4.99. The SMILES string of the molecule is C=C(/C=C\C=C(C)C)NC(=O)OC(C)(C)C.CC.[HH]. The molecule has 0 unspecified atom stereocenters. The topological polar surface area (TPSA) is 38.3 Å². The van der Waals surface area contributed by atoms with Crippen molar-refractivity contribution in [1.29, 1.82) is 0 Å². The zero-order valence-electron chi connectivity index (χ0n) is 12.8. The summed E-state index contributed by atoms with van der Waals surface area (Å²) < 4.78 is 5.08. The van der Waals surface area contributed by atoms with E-state index >= 15 is 0 Å². The Kier molecular flexibility index (Phi) is 9.96. The van der Waals surface area contributed by atoms with E-state index in [1.54, 1.807) is 6.08 Å². The molecule has 0 aliphatic rings. The third-order valence-electron chi connectivity index (χ3n) is 1.39. The molecule has 1 amide bonds. The molecule has 0 fully saturated rings. The minimum absolute atomic E-state index is 0. The molecule has 1 N–H and O–H groups in total. The van der Waals surface area contributed by atoms with E-state index in [1.807, 2.05) is 60.6 Å². The lowest BCUT2D eigenvalue weighted by molar-refractivity contribution is 0.0548. The first-order valence-corrected chi connectivity index (χ1v) is 6.21. The molecule has 0 aromatic carbocycles. The summed E-state index contributed by atoms with van der Waals surface area (Å²) in [5.74, 6) is 0. The van der Waals surface area contributed by atoms with E-state index in [0.29, 0.717) is 5.70 Å². The maximum atomic E-state index is 11.3. The summed E-state index contributed by atoms with van der Waals surface area (Å²) in [5.41, 5.74) is 1.20. The van der Waals surface area contributed by atoms with Gasteiger partial charge in [-0.25, -0.2) is 4.79 Å². The summed E-state index contributed by atoms with van der Waals surface area (Å²) in [6, 6.07) is 0. The van der Waals surface area contributed by atoms with Crippen LogP contribution < -0.4 is 5.32 Å². The van der Waals surface area contributed by atoms with Crippen molar-refractivity contribution < 1.29 is 11.0 Å². The van der Waals surface area contributed by atoms with E-state index in [9.17, 15) is 4.79 Å². The first-order chi connectivity index (χ1) is 8.20. The fourth-order valence-electron chi connectivity index (χ4n) is 0.833. The maximum Gasteiger partial charge on any atom is 0.412 e. The number of hydrogen-bond donors (Lipinski definition) is 1. The predicted octanol–water partition coefficient (Wildman–Crippen LogP) is 4.82. The highest BCUT2D eigenvalue weighted by molar-refractivity contribution is 5.70. The number of alkyl carbamates (subject to hydrolysis) is 1. The van der Waals surface area contributed by atoms with Crippen molar-refractivity contribution in [1.82, 2.24) is 5.32 Å². The highest BCUT2D eigenvalue weighted by Gasteiger charge is 2.15. The molecule has 0 radical (unpaired) electrons. The zero-order valence-corrected chi connectivity index (χ0v) is 12.8. The molecule has 3 heteroatoms. The van der Waals surface area contributed by atoms with Gasteiger partial charge < -0.3 is 4.74 Å². The van der Waals surface area contributed by atoms with E-state index in [1.165, 1.54) is 5.57 Å². The minimum atomic E-state index is -0.492. The standard InChI is InChI=1S/C13H21NO2.C2H6.H2/c1-10(2)8-7-9-11(3)14-12(15)16-13(4,5)6;1-2;/h7-9H,3H2,1-2,4-6H3,(H,14,15);1-2H3;1H/b9-7-;;. The fraction of sp³-hybridized carbons (Fsp3) is 0.533. The zero-order chi connectivity index (χ0) is 14.8. The van der Waals surface area contributed by atoms with E-state index in [4.69, 9.17) is 4.74 Å². The van der Waals surface area contributed by atoms with Crippen molar-refractivity contribution in [3.05, 3.63) is 36.1 Å². The molecule has 0 aliphatic carbocycles. The first-order valence-electron chi connectivity index (χ1n) is 6.21.